The molecule has 0 radical (unpaired) electrons. The summed E-state index contributed by atoms with van der Waals surface area (Å²) >= 11 is 0. The molecular weight excluding hydrogens is 448 g/mol. The van der Waals surface area contributed by atoms with Gasteiger partial charge in [-0.15, -0.1) is 0 Å². The standard InChI is InChI=1S/C26H28N4O5/c1-4-35-26(33)21-16-27-30(17(21)2)20-10-7-18(8-11-20)24(31)28-22-15-19(25(32)34-3)9-12-23(22)29-13-5-6-14-29/h7-12,15-16H,4-6,13-14H2,1-3H3,(H,28,31). The van der Waals surface area contributed by atoms with Crippen molar-refractivity contribution in [1.29, 1.82) is 0 Å². The Kier molecular flexibility index (Phi) is 7.14. The van der Waals surface area contributed by atoms with Gasteiger partial charge in [0.05, 0.1) is 48.2 Å². The molecular formula is C26H28N4O5. The molecule has 1 saturated heterocycles. The summed E-state index contributed by atoms with van der Waals surface area (Å²) in [6.45, 7) is 5.61. The van der Waals surface area contributed by atoms with E-state index in [-0.39, 0.29) is 12.5 Å². The predicted octanol–water partition coefficient (Wildman–Crippen LogP) is 4.00. The number of amides is 1. The zero-order chi connectivity index (χ0) is 24.9. The molecule has 9 nitrogen and oxygen atoms in total. The van der Waals surface area contributed by atoms with Crippen LogP contribution in [0.1, 0.15) is 56.5 Å². The summed E-state index contributed by atoms with van der Waals surface area (Å²) in [5, 5.41) is 7.24. The van der Waals surface area contributed by atoms with E-state index in [0.717, 1.165) is 31.6 Å². The van der Waals surface area contributed by atoms with Crippen LogP contribution < -0.4 is 10.2 Å². The molecule has 1 N–H and O–H groups in total. The third-order valence-electron chi connectivity index (χ3n) is 5.99. The molecule has 0 bridgehead atoms. The third-order valence-corrected chi connectivity index (χ3v) is 5.99. The van der Waals surface area contributed by atoms with Gasteiger partial charge in [-0.3, -0.25) is 4.79 Å². The van der Waals surface area contributed by atoms with Crippen LogP contribution in [0.4, 0.5) is 11.4 Å². The van der Waals surface area contributed by atoms with E-state index in [1.165, 1.54) is 13.3 Å². The normalized spacial score (nSPS) is 12.9. The number of carbonyl (C=O) groups is 3. The predicted molar refractivity (Wildman–Crippen MR) is 131 cm³/mol. The van der Waals surface area contributed by atoms with Crippen molar-refractivity contribution in [2.45, 2.75) is 26.7 Å². The fraction of sp³-hybridized carbons (Fsp3) is 0.308. The second kappa shape index (κ2) is 10.4. The van der Waals surface area contributed by atoms with E-state index in [1.807, 2.05) is 6.07 Å². The molecule has 3 aromatic rings. The quantitative estimate of drug-likeness (QED) is 0.514. The Hall–Kier alpha value is -4.14. The molecule has 0 atom stereocenters. The van der Waals surface area contributed by atoms with E-state index < -0.39 is 11.9 Å². The van der Waals surface area contributed by atoms with Crippen molar-refractivity contribution in [3.8, 4) is 5.69 Å². The maximum absolute atomic E-state index is 13.1. The molecule has 9 heteroatoms. The first-order chi connectivity index (χ1) is 16.9. The molecule has 2 aromatic carbocycles. The molecule has 0 unspecified atom stereocenters. The molecule has 0 saturated carbocycles. The van der Waals surface area contributed by atoms with E-state index >= 15 is 0 Å². The molecule has 182 valence electrons. The van der Waals surface area contributed by atoms with Crippen molar-refractivity contribution < 1.29 is 23.9 Å². The van der Waals surface area contributed by atoms with Gasteiger partial charge in [0.25, 0.3) is 5.91 Å². The summed E-state index contributed by atoms with van der Waals surface area (Å²) in [4.78, 5) is 39.4. The third kappa shape index (κ3) is 5.03. The number of methoxy groups -OCH3 is 1. The maximum Gasteiger partial charge on any atom is 0.341 e. The Morgan fingerprint density at radius 1 is 1.00 bits per heavy atom. The Labute approximate surface area is 203 Å². The highest BCUT2D eigenvalue weighted by Crippen LogP contribution is 2.31. The van der Waals surface area contributed by atoms with Crippen LogP contribution in [-0.2, 0) is 9.47 Å². The van der Waals surface area contributed by atoms with Crippen LogP contribution in [0, 0.1) is 6.92 Å². The second-order valence-electron chi connectivity index (χ2n) is 8.19. The fourth-order valence-corrected chi connectivity index (χ4v) is 4.14. The lowest BCUT2D eigenvalue weighted by Gasteiger charge is -2.22. The van der Waals surface area contributed by atoms with Crippen LogP contribution in [0.15, 0.2) is 48.7 Å². The molecule has 1 aliphatic rings. The zero-order valence-corrected chi connectivity index (χ0v) is 20.0. The Morgan fingerprint density at radius 3 is 2.34 bits per heavy atom. The number of carbonyl (C=O) groups excluding carboxylic acids is 3. The van der Waals surface area contributed by atoms with Gasteiger partial charge in [-0.25, -0.2) is 14.3 Å². The molecule has 4 rings (SSSR count). The molecule has 1 aromatic heterocycles. The van der Waals surface area contributed by atoms with Crippen molar-refractivity contribution >= 4 is 29.2 Å². The number of nitrogens with one attached hydrogen (secondary N) is 1. The van der Waals surface area contributed by atoms with E-state index in [9.17, 15) is 14.4 Å². The molecule has 1 amide bonds. The van der Waals surface area contributed by atoms with E-state index in [0.29, 0.717) is 33.8 Å². The van der Waals surface area contributed by atoms with Gasteiger partial charge in [0.15, 0.2) is 0 Å². The number of hydrogen-bond donors (Lipinski definition) is 1. The largest absolute Gasteiger partial charge is 0.465 e. The van der Waals surface area contributed by atoms with Gasteiger partial charge in [0.1, 0.15) is 5.56 Å². The lowest BCUT2D eigenvalue weighted by molar-refractivity contribution is 0.0524. The summed E-state index contributed by atoms with van der Waals surface area (Å²) < 4.78 is 11.5. The summed E-state index contributed by atoms with van der Waals surface area (Å²) in [7, 11) is 1.33. The lowest BCUT2D eigenvalue weighted by Crippen LogP contribution is -2.21. The molecule has 1 aliphatic heterocycles. The van der Waals surface area contributed by atoms with Gasteiger partial charge in [0.2, 0.25) is 0 Å². The minimum absolute atomic E-state index is 0.287. The number of anilines is 2. The highest BCUT2D eigenvalue weighted by atomic mass is 16.5. The van der Waals surface area contributed by atoms with Gasteiger partial charge in [-0.05, 0) is 69.2 Å². The first-order valence-electron chi connectivity index (χ1n) is 11.5. The zero-order valence-electron chi connectivity index (χ0n) is 20.0. The molecule has 0 aliphatic carbocycles. The SMILES string of the molecule is CCOC(=O)c1cnn(-c2ccc(C(=O)Nc3cc(C(=O)OC)ccc3N3CCCC3)cc2)c1C. The van der Waals surface area contributed by atoms with Crippen molar-refractivity contribution in [3.63, 3.8) is 0 Å². The molecule has 35 heavy (non-hydrogen) atoms. The average molecular weight is 477 g/mol. The minimum Gasteiger partial charge on any atom is -0.465 e. The summed E-state index contributed by atoms with van der Waals surface area (Å²) in [5.74, 6) is -1.19. The summed E-state index contributed by atoms with van der Waals surface area (Å²) in [6, 6.07) is 12.1. The Balaban J connectivity index is 1.56. The summed E-state index contributed by atoms with van der Waals surface area (Å²) in [6.07, 6.45) is 3.64. The molecule has 1 fully saturated rings. The lowest BCUT2D eigenvalue weighted by atomic mass is 10.1. The van der Waals surface area contributed by atoms with Crippen molar-refractivity contribution in [1.82, 2.24) is 9.78 Å². The van der Waals surface area contributed by atoms with Gasteiger partial charge in [-0.1, -0.05) is 0 Å². The molecule has 2 heterocycles. The Morgan fingerprint density at radius 2 is 1.69 bits per heavy atom. The van der Waals surface area contributed by atoms with Crippen molar-refractivity contribution in [3.05, 3.63) is 71.0 Å². The van der Waals surface area contributed by atoms with Crippen molar-refractivity contribution in [2.24, 2.45) is 0 Å². The number of hydrogen-bond acceptors (Lipinski definition) is 7. The average Bonchev–Trinajstić information content (AvgIpc) is 3.54. The van der Waals surface area contributed by atoms with Gasteiger partial charge < -0.3 is 19.7 Å². The number of rotatable bonds is 7. The molecule has 0 spiro atoms. The maximum atomic E-state index is 13.1. The highest BCUT2D eigenvalue weighted by molar-refractivity contribution is 6.07. The van der Waals surface area contributed by atoms with Crippen molar-refractivity contribution in [2.75, 3.05) is 37.0 Å². The first kappa shape index (κ1) is 24.0. The van der Waals surface area contributed by atoms with Crippen LogP contribution >= 0.6 is 0 Å². The number of ether oxygens (including phenoxy) is 2. The van der Waals surface area contributed by atoms with Crippen LogP contribution in [-0.4, -0.2) is 54.4 Å². The monoisotopic (exact) mass is 476 g/mol. The fourth-order valence-electron chi connectivity index (χ4n) is 4.14. The number of benzene rings is 2. The van der Waals surface area contributed by atoms with E-state index in [4.69, 9.17) is 9.47 Å². The number of esters is 2. The van der Waals surface area contributed by atoms with E-state index in [1.54, 1.807) is 54.9 Å². The topological polar surface area (TPSA) is 103 Å². The van der Waals surface area contributed by atoms with E-state index in [2.05, 4.69) is 15.3 Å². The minimum atomic E-state index is -0.463. The number of nitrogens with zero attached hydrogens (tertiary/aromatic N) is 3. The smallest absolute Gasteiger partial charge is 0.341 e. The summed E-state index contributed by atoms with van der Waals surface area (Å²) in [5.41, 5.74) is 4.00. The first-order valence-corrected chi connectivity index (χ1v) is 11.5. The van der Waals surface area contributed by atoms with Gasteiger partial charge >= 0.3 is 11.9 Å². The van der Waals surface area contributed by atoms with Gasteiger partial charge in [0, 0.05) is 18.7 Å². The van der Waals surface area contributed by atoms with Crippen LogP contribution in [0.3, 0.4) is 0 Å². The second-order valence-corrected chi connectivity index (χ2v) is 8.19. The van der Waals surface area contributed by atoms with Gasteiger partial charge in [-0.2, -0.15) is 5.10 Å². The van der Waals surface area contributed by atoms with Crippen LogP contribution in [0.25, 0.3) is 5.69 Å². The number of aromatic nitrogens is 2. The van der Waals surface area contributed by atoms with Crippen LogP contribution in [0.5, 0.6) is 0 Å². The Bertz CT molecular complexity index is 1240. The highest BCUT2D eigenvalue weighted by Gasteiger charge is 2.20. The van der Waals surface area contributed by atoms with Crippen LogP contribution in [0.2, 0.25) is 0 Å².